The Morgan fingerprint density at radius 2 is 2.18 bits per heavy atom. The molecule has 4 heteroatoms. The number of nitriles is 1. The Kier molecular flexibility index (Phi) is 4.17. The van der Waals surface area contributed by atoms with Crippen LogP contribution in [-0.2, 0) is 6.42 Å². The van der Waals surface area contributed by atoms with Crippen LogP contribution in [-0.4, -0.2) is 16.5 Å². The number of fused-ring (bicyclic) bond motifs is 1. The molecule has 0 unspecified atom stereocenters. The van der Waals surface area contributed by atoms with Crippen molar-refractivity contribution in [1.82, 2.24) is 15.3 Å². The highest BCUT2D eigenvalue weighted by Crippen LogP contribution is 2.17. The maximum absolute atomic E-state index is 9.00. The molecule has 3 aromatic rings. The van der Waals surface area contributed by atoms with Gasteiger partial charge in [0.05, 0.1) is 5.56 Å². The molecule has 0 aliphatic carbocycles. The van der Waals surface area contributed by atoms with E-state index in [0.29, 0.717) is 5.56 Å². The zero-order valence-electron chi connectivity index (χ0n) is 12.1. The fourth-order valence-corrected chi connectivity index (χ4v) is 2.42. The minimum Gasteiger partial charge on any atom is -0.391 e. The Morgan fingerprint density at radius 3 is 3.09 bits per heavy atom. The van der Waals surface area contributed by atoms with Crippen molar-refractivity contribution in [1.29, 1.82) is 5.26 Å². The van der Waals surface area contributed by atoms with Crippen molar-refractivity contribution in [3.8, 4) is 6.07 Å². The third-order valence-electron chi connectivity index (χ3n) is 3.57. The first kappa shape index (κ1) is 13.9. The second kappa shape index (κ2) is 6.59. The molecule has 0 aliphatic rings. The molecule has 0 spiro atoms. The topological polar surface area (TPSA) is 64.5 Å². The lowest BCUT2D eigenvalue weighted by atomic mass is 10.1. The highest BCUT2D eigenvalue weighted by molar-refractivity contribution is 5.83. The molecule has 1 aromatic carbocycles. The molecule has 0 saturated carbocycles. The highest BCUT2D eigenvalue weighted by atomic mass is 14.8. The lowest BCUT2D eigenvalue weighted by Gasteiger charge is -2.01. The molecule has 22 heavy (non-hydrogen) atoms. The summed E-state index contributed by atoms with van der Waals surface area (Å²) in [5, 5.41) is 13.5. The van der Waals surface area contributed by atoms with Crippen LogP contribution in [0.5, 0.6) is 0 Å². The number of hydrogen-bond acceptors (Lipinski definition) is 3. The molecular weight excluding hydrogens is 272 g/mol. The molecule has 108 valence electrons. The zero-order chi connectivity index (χ0) is 15.2. The third-order valence-corrected chi connectivity index (χ3v) is 3.57. The average Bonchev–Trinajstić information content (AvgIpc) is 2.98. The first-order valence-corrected chi connectivity index (χ1v) is 7.17. The predicted molar refractivity (Wildman–Crippen MR) is 88.0 cm³/mol. The molecule has 2 aromatic heterocycles. The maximum atomic E-state index is 9.00. The second-order valence-corrected chi connectivity index (χ2v) is 4.97. The van der Waals surface area contributed by atoms with Gasteiger partial charge in [0, 0.05) is 36.0 Å². The average molecular weight is 288 g/mol. The maximum Gasteiger partial charge on any atom is 0.101 e. The van der Waals surface area contributed by atoms with Gasteiger partial charge in [-0.2, -0.15) is 5.26 Å². The van der Waals surface area contributed by atoms with Crippen LogP contribution in [0.15, 0.2) is 55.1 Å². The minimum absolute atomic E-state index is 0.581. The smallest absolute Gasteiger partial charge is 0.101 e. The van der Waals surface area contributed by atoms with Crippen molar-refractivity contribution in [3.05, 3.63) is 71.8 Å². The summed E-state index contributed by atoms with van der Waals surface area (Å²) in [7, 11) is 0. The van der Waals surface area contributed by atoms with Gasteiger partial charge in [0.25, 0.3) is 0 Å². The van der Waals surface area contributed by atoms with Crippen molar-refractivity contribution in [2.24, 2.45) is 0 Å². The largest absolute Gasteiger partial charge is 0.391 e. The summed E-state index contributed by atoms with van der Waals surface area (Å²) in [5.41, 5.74) is 3.93. The van der Waals surface area contributed by atoms with Crippen molar-refractivity contribution < 1.29 is 0 Å². The molecule has 4 nitrogen and oxygen atoms in total. The minimum atomic E-state index is 0.581. The Bertz CT molecular complexity index is 839. The van der Waals surface area contributed by atoms with E-state index in [-0.39, 0.29) is 0 Å². The number of rotatable bonds is 5. The van der Waals surface area contributed by atoms with Gasteiger partial charge in [-0.15, -0.1) is 0 Å². The van der Waals surface area contributed by atoms with E-state index in [9.17, 15) is 0 Å². The van der Waals surface area contributed by atoms with Crippen molar-refractivity contribution in [2.75, 3.05) is 6.54 Å². The van der Waals surface area contributed by atoms with Gasteiger partial charge in [-0.05, 0) is 42.0 Å². The molecule has 0 bridgehead atoms. The van der Waals surface area contributed by atoms with Crippen LogP contribution in [0.4, 0.5) is 0 Å². The quantitative estimate of drug-likeness (QED) is 0.708. The van der Waals surface area contributed by atoms with Crippen molar-refractivity contribution in [2.45, 2.75) is 6.42 Å². The summed E-state index contributed by atoms with van der Waals surface area (Å²) >= 11 is 0. The van der Waals surface area contributed by atoms with Gasteiger partial charge in [-0.25, -0.2) is 0 Å². The van der Waals surface area contributed by atoms with E-state index >= 15 is 0 Å². The van der Waals surface area contributed by atoms with E-state index in [1.165, 1.54) is 16.5 Å². The highest BCUT2D eigenvalue weighted by Gasteiger charge is 2.01. The lowest BCUT2D eigenvalue weighted by Crippen LogP contribution is -2.09. The molecule has 0 amide bonds. The van der Waals surface area contributed by atoms with Gasteiger partial charge >= 0.3 is 0 Å². The van der Waals surface area contributed by atoms with Gasteiger partial charge in [-0.3, -0.25) is 4.98 Å². The van der Waals surface area contributed by atoms with Crippen molar-refractivity contribution >= 4 is 17.0 Å². The number of benzene rings is 1. The monoisotopic (exact) mass is 288 g/mol. The van der Waals surface area contributed by atoms with Gasteiger partial charge in [0.2, 0.25) is 0 Å². The third kappa shape index (κ3) is 2.99. The van der Waals surface area contributed by atoms with Crippen LogP contribution in [0.1, 0.15) is 16.7 Å². The van der Waals surface area contributed by atoms with Gasteiger partial charge in [0.1, 0.15) is 6.07 Å². The number of para-hydroxylation sites is 1. The van der Waals surface area contributed by atoms with Gasteiger partial charge in [0.15, 0.2) is 0 Å². The van der Waals surface area contributed by atoms with E-state index in [1.54, 1.807) is 12.4 Å². The molecule has 2 N–H and O–H groups in total. The summed E-state index contributed by atoms with van der Waals surface area (Å²) in [4.78, 5) is 7.22. The molecular formula is C18H16N4. The van der Waals surface area contributed by atoms with Gasteiger partial charge < -0.3 is 10.3 Å². The fraction of sp³-hybridized carbons (Fsp3) is 0.111. The SMILES string of the molecule is N#Cc1cnccc1/C=C/NCCc1c[nH]c2ccccc12. The standard InChI is InChI=1S/C18H16N4/c19-11-16-12-21-10-6-14(16)5-8-20-9-7-15-13-22-18-4-2-1-3-17(15)18/h1-6,8,10,12-13,20,22H,7,9H2/b8-5+. The van der Waals surface area contributed by atoms with Crippen LogP contribution in [0.25, 0.3) is 17.0 Å². The first-order valence-electron chi connectivity index (χ1n) is 7.17. The number of nitrogens with one attached hydrogen (secondary N) is 2. The number of aromatic nitrogens is 2. The summed E-state index contributed by atoms with van der Waals surface area (Å²) < 4.78 is 0. The molecule has 0 fully saturated rings. The summed E-state index contributed by atoms with van der Waals surface area (Å²) in [5.74, 6) is 0. The molecule has 0 radical (unpaired) electrons. The van der Waals surface area contributed by atoms with E-state index in [1.807, 2.05) is 24.4 Å². The van der Waals surface area contributed by atoms with Crippen LogP contribution in [0.2, 0.25) is 0 Å². The summed E-state index contributed by atoms with van der Waals surface area (Å²) in [6, 6.07) is 12.3. The molecule has 2 heterocycles. The summed E-state index contributed by atoms with van der Waals surface area (Å²) in [6.45, 7) is 0.839. The predicted octanol–water partition coefficient (Wildman–Crippen LogP) is 3.24. The lowest BCUT2D eigenvalue weighted by molar-refractivity contribution is 0.839. The number of nitrogens with zero attached hydrogens (tertiary/aromatic N) is 2. The Hall–Kier alpha value is -3.06. The summed E-state index contributed by atoms with van der Waals surface area (Å²) in [6.07, 6.45) is 10.0. The van der Waals surface area contributed by atoms with E-state index < -0.39 is 0 Å². The Morgan fingerprint density at radius 1 is 1.27 bits per heavy atom. The van der Waals surface area contributed by atoms with Crippen LogP contribution < -0.4 is 5.32 Å². The van der Waals surface area contributed by atoms with E-state index in [0.717, 1.165) is 18.5 Å². The number of hydrogen-bond donors (Lipinski definition) is 2. The van der Waals surface area contributed by atoms with Crippen LogP contribution >= 0.6 is 0 Å². The molecule has 0 saturated heterocycles. The first-order chi connectivity index (χ1) is 10.9. The zero-order valence-corrected chi connectivity index (χ0v) is 12.1. The van der Waals surface area contributed by atoms with Gasteiger partial charge in [-0.1, -0.05) is 18.2 Å². The molecule has 0 atom stereocenters. The Labute approximate surface area is 129 Å². The Balaban J connectivity index is 1.58. The fourth-order valence-electron chi connectivity index (χ4n) is 2.42. The van der Waals surface area contributed by atoms with E-state index in [2.05, 4.69) is 45.7 Å². The second-order valence-electron chi connectivity index (χ2n) is 4.97. The normalized spacial score (nSPS) is 10.9. The molecule has 0 aliphatic heterocycles. The number of pyridine rings is 1. The van der Waals surface area contributed by atoms with E-state index in [4.69, 9.17) is 5.26 Å². The van der Waals surface area contributed by atoms with Crippen LogP contribution in [0, 0.1) is 11.3 Å². The number of H-pyrrole nitrogens is 1. The number of aromatic amines is 1. The van der Waals surface area contributed by atoms with Crippen LogP contribution in [0.3, 0.4) is 0 Å². The molecule has 3 rings (SSSR count). The van der Waals surface area contributed by atoms with Crippen molar-refractivity contribution in [3.63, 3.8) is 0 Å².